The van der Waals surface area contributed by atoms with Crippen molar-refractivity contribution in [2.45, 2.75) is 26.7 Å². The minimum absolute atomic E-state index is 0. The van der Waals surface area contributed by atoms with Gasteiger partial charge in [0.1, 0.15) is 0 Å². The van der Waals surface area contributed by atoms with Gasteiger partial charge in [0.05, 0.1) is 0 Å². The van der Waals surface area contributed by atoms with E-state index in [4.69, 9.17) is 5.73 Å². The molecule has 0 bridgehead atoms. The summed E-state index contributed by atoms with van der Waals surface area (Å²) in [6, 6.07) is 0. The fourth-order valence-electron chi connectivity index (χ4n) is 1.39. The average molecular weight is 296 g/mol. The van der Waals surface area contributed by atoms with Crippen molar-refractivity contribution < 1.29 is 20.4 Å². The normalized spacial score (nSPS) is 17.4. The molecule has 0 aromatic heterocycles. The molecule has 1 aliphatic rings. The third kappa shape index (κ3) is 4.15. The van der Waals surface area contributed by atoms with Gasteiger partial charge in [0.25, 0.3) is 0 Å². The summed E-state index contributed by atoms with van der Waals surface area (Å²) in [6.07, 6.45) is 8.33. The Morgan fingerprint density at radius 2 is 2.20 bits per heavy atom. The Morgan fingerprint density at radius 1 is 1.53 bits per heavy atom. The van der Waals surface area contributed by atoms with Crippen LogP contribution in [0.3, 0.4) is 0 Å². The summed E-state index contributed by atoms with van der Waals surface area (Å²) in [5.74, 6) is 0.600. The van der Waals surface area contributed by atoms with Crippen molar-refractivity contribution in [3.8, 4) is 0 Å². The number of hydrogen-bond acceptors (Lipinski definition) is 2. The van der Waals surface area contributed by atoms with Gasteiger partial charge < -0.3 is 10.7 Å². The molecule has 0 saturated carbocycles. The van der Waals surface area contributed by atoms with Gasteiger partial charge in [0.15, 0.2) is 0 Å². The van der Waals surface area contributed by atoms with Crippen LogP contribution in [0.1, 0.15) is 26.7 Å². The molecule has 86 valence electrons. The molecular formula is C12H17N2Pd-. The molecule has 0 atom stereocenters. The minimum atomic E-state index is 0. The maximum absolute atomic E-state index is 5.49. The summed E-state index contributed by atoms with van der Waals surface area (Å²) in [5.41, 5.74) is 8.40. The Morgan fingerprint density at radius 3 is 2.67 bits per heavy atom. The summed E-state index contributed by atoms with van der Waals surface area (Å²) < 4.78 is 0. The fourth-order valence-corrected chi connectivity index (χ4v) is 1.39. The van der Waals surface area contributed by atoms with Crippen LogP contribution < -0.4 is 5.73 Å². The second-order valence-corrected chi connectivity index (χ2v) is 3.80. The second-order valence-electron chi connectivity index (χ2n) is 3.80. The van der Waals surface area contributed by atoms with Gasteiger partial charge in [-0.3, -0.25) is 0 Å². The van der Waals surface area contributed by atoms with Crippen LogP contribution in [0.25, 0.3) is 0 Å². The van der Waals surface area contributed by atoms with E-state index < -0.39 is 0 Å². The zero-order valence-corrected chi connectivity index (χ0v) is 10.7. The molecule has 3 heteroatoms. The van der Waals surface area contributed by atoms with Crippen LogP contribution >= 0.6 is 0 Å². The van der Waals surface area contributed by atoms with Crippen molar-refractivity contribution in [1.29, 1.82) is 0 Å². The number of nitrogens with zero attached hydrogens (tertiary/aromatic N) is 1. The Kier molecular flexibility index (Phi) is 6.47. The van der Waals surface area contributed by atoms with Crippen LogP contribution in [0.2, 0.25) is 0 Å². The number of rotatable bonds is 4. The van der Waals surface area contributed by atoms with Gasteiger partial charge in [0, 0.05) is 20.4 Å². The Bertz CT molecular complexity index is 312. The van der Waals surface area contributed by atoms with Gasteiger partial charge in [-0.2, -0.15) is 11.6 Å². The standard InChI is InChI=1S/C12H17N2.Pd/c1-4-5-12-10(8-13)7-11(14-12)6-9(2)3;/h4,8-9H,1,5-6,13H2,2-3H3;/q-1;. The Hall–Kier alpha value is -0.648. The molecule has 1 aliphatic heterocycles. The van der Waals surface area contributed by atoms with Crippen molar-refractivity contribution in [2.24, 2.45) is 16.6 Å². The van der Waals surface area contributed by atoms with Crippen molar-refractivity contribution in [3.63, 3.8) is 0 Å². The van der Waals surface area contributed by atoms with Crippen LogP contribution in [0.15, 0.2) is 35.1 Å². The van der Waals surface area contributed by atoms with E-state index in [9.17, 15) is 0 Å². The van der Waals surface area contributed by atoms with E-state index in [1.807, 2.05) is 6.08 Å². The SMILES string of the molecule is C=CCC1=NC(CC(C)C)=[C-]C1=CN.[Pd]. The van der Waals surface area contributed by atoms with Crippen LogP contribution in [-0.4, -0.2) is 5.71 Å². The first-order valence-corrected chi connectivity index (χ1v) is 4.91. The van der Waals surface area contributed by atoms with Gasteiger partial charge in [-0.25, -0.2) is 0 Å². The Balaban J connectivity index is 0.00000196. The van der Waals surface area contributed by atoms with Crippen LogP contribution in [-0.2, 0) is 20.4 Å². The van der Waals surface area contributed by atoms with E-state index in [0.29, 0.717) is 5.92 Å². The van der Waals surface area contributed by atoms with Crippen molar-refractivity contribution in [1.82, 2.24) is 0 Å². The molecule has 1 rings (SSSR count). The number of allylic oxidation sites excluding steroid dienone is 4. The molecule has 2 N–H and O–H groups in total. The first-order chi connectivity index (χ1) is 6.67. The zero-order valence-electron chi connectivity index (χ0n) is 9.19. The molecule has 15 heavy (non-hydrogen) atoms. The van der Waals surface area contributed by atoms with E-state index in [0.717, 1.165) is 29.8 Å². The summed E-state index contributed by atoms with van der Waals surface area (Å²) in [6.45, 7) is 8.03. The van der Waals surface area contributed by atoms with Crippen molar-refractivity contribution >= 4 is 5.71 Å². The summed E-state index contributed by atoms with van der Waals surface area (Å²) in [4.78, 5) is 4.47. The molecule has 0 aromatic rings. The van der Waals surface area contributed by atoms with Crippen molar-refractivity contribution in [2.75, 3.05) is 0 Å². The molecular weight excluding hydrogens is 279 g/mol. The van der Waals surface area contributed by atoms with Gasteiger partial charge in [-0.05, 0) is 24.5 Å². The molecule has 0 unspecified atom stereocenters. The van der Waals surface area contributed by atoms with Gasteiger partial charge in [-0.15, -0.1) is 12.8 Å². The molecule has 0 fully saturated rings. The summed E-state index contributed by atoms with van der Waals surface area (Å²) >= 11 is 0. The summed E-state index contributed by atoms with van der Waals surface area (Å²) in [7, 11) is 0. The van der Waals surface area contributed by atoms with E-state index in [-0.39, 0.29) is 20.4 Å². The fraction of sp³-hybridized carbons (Fsp3) is 0.417. The molecule has 0 aromatic carbocycles. The molecule has 0 spiro atoms. The minimum Gasteiger partial charge on any atom is -0.455 e. The molecule has 0 amide bonds. The molecule has 2 nitrogen and oxygen atoms in total. The first-order valence-electron chi connectivity index (χ1n) is 4.91. The quantitative estimate of drug-likeness (QED) is 0.483. The predicted molar refractivity (Wildman–Crippen MR) is 60.7 cm³/mol. The molecule has 1 heterocycles. The van der Waals surface area contributed by atoms with E-state index >= 15 is 0 Å². The van der Waals surface area contributed by atoms with Crippen LogP contribution in [0.5, 0.6) is 0 Å². The first kappa shape index (κ1) is 14.4. The number of nitrogens with two attached hydrogens (primary N) is 1. The van der Waals surface area contributed by atoms with Gasteiger partial charge in [-0.1, -0.05) is 25.6 Å². The average Bonchev–Trinajstić information content (AvgIpc) is 2.47. The third-order valence-corrected chi connectivity index (χ3v) is 1.97. The maximum atomic E-state index is 5.49. The monoisotopic (exact) mass is 295 g/mol. The zero-order chi connectivity index (χ0) is 10.6. The predicted octanol–water partition coefficient (Wildman–Crippen LogP) is 2.59. The number of aliphatic imine (C=N–C) groups is 1. The third-order valence-electron chi connectivity index (χ3n) is 1.97. The van der Waals surface area contributed by atoms with E-state index in [2.05, 4.69) is 31.5 Å². The van der Waals surface area contributed by atoms with Crippen LogP contribution in [0.4, 0.5) is 0 Å². The van der Waals surface area contributed by atoms with Crippen molar-refractivity contribution in [3.05, 3.63) is 36.2 Å². The van der Waals surface area contributed by atoms with Crippen LogP contribution in [0, 0.1) is 12.0 Å². The topological polar surface area (TPSA) is 38.4 Å². The van der Waals surface area contributed by atoms with E-state index in [1.165, 1.54) is 0 Å². The molecule has 0 saturated heterocycles. The maximum Gasteiger partial charge on any atom is 0 e. The second kappa shape index (κ2) is 6.77. The Labute approximate surface area is 106 Å². The largest absolute Gasteiger partial charge is 0.455 e. The molecule has 0 radical (unpaired) electrons. The van der Waals surface area contributed by atoms with Gasteiger partial charge >= 0.3 is 0 Å². The number of hydrogen-bond donors (Lipinski definition) is 1. The summed E-state index contributed by atoms with van der Waals surface area (Å²) in [5, 5.41) is 0. The van der Waals surface area contributed by atoms with E-state index in [1.54, 1.807) is 6.20 Å². The smallest absolute Gasteiger partial charge is 0 e. The molecule has 0 aliphatic carbocycles. The van der Waals surface area contributed by atoms with Gasteiger partial charge in [0.2, 0.25) is 0 Å².